The number of benzene rings is 2. The van der Waals surface area contributed by atoms with Gasteiger partial charge < -0.3 is 5.32 Å². The largest absolute Gasteiger partial charge is 0.376 e. The maximum atomic E-state index is 11.6. The summed E-state index contributed by atoms with van der Waals surface area (Å²) in [6.07, 6.45) is 1.60. The molecule has 0 aromatic heterocycles. The summed E-state index contributed by atoms with van der Waals surface area (Å²) >= 11 is 6.73. The van der Waals surface area contributed by atoms with Gasteiger partial charge in [0, 0.05) is 14.6 Å². The molecule has 21 heavy (non-hydrogen) atoms. The van der Waals surface area contributed by atoms with Crippen molar-refractivity contribution in [3.05, 3.63) is 63.0 Å². The van der Waals surface area contributed by atoms with Crippen molar-refractivity contribution < 1.29 is 4.79 Å². The first-order valence-electron chi connectivity index (χ1n) is 6.20. The highest BCUT2D eigenvalue weighted by Crippen LogP contribution is 2.13. The highest BCUT2D eigenvalue weighted by atomic mass is 79.9. The van der Waals surface area contributed by atoms with Gasteiger partial charge in [-0.25, -0.2) is 5.43 Å². The normalized spacial score (nSPS) is 10.6. The lowest BCUT2D eigenvalue weighted by Crippen LogP contribution is -2.25. The summed E-state index contributed by atoms with van der Waals surface area (Å²) in [5.74, 6) is -0.204. The third-order valence-electron chi connectivity index (χ3n) is 2.55. The molecule has 0 fully saturated rings. The number of amides is 1. The quantitative estimate of drug-likeness (QED) is 0.582. The number of nitrogens with zero attached hydrogens (tertiary/aromatic N) is 1. The van der Waals surface area contributed by atoms with E-state index in [9.17, 15) is 4.79 Å². The molecule has 0 saturated heterocycles. The van der Waals surface area contributed by atoms with Crippen molar-refractivity contribution in [2.24, 2.45) is 5.10 Å². The summed E-state index contributed by atoms with van der Waals surface area (Å²) in [5.41, 5.74) is 4.26. The van der Waals surface area contributed by atoms with Gasteiger partial charge in [-0.1, -0.05) is 44.0 Å². The summed E-state index contributed by atoms with van der Waals surface area (Å²) in [5, 5.41) is 6.93. The minimum absolute atomic E-state index is 0.164. The highest BCUT2D eigenvalue weighted by Gasteiger charge is 1.99. The average molecular weight is 411 g/mol. The van der Waals surface area contributed by atoms with Crippen LogP contribution in [0.25, 0.3) is 0 Å². The van der Waals surface area contributed by atoms with Crippen LogP contribution in [0.15, 0.2) is 62.6 Å². The maximum Gasteiger partial charge on any atom is 0.259 e. The first-order valence-corrected chi connectivity index (χ1v) is 7.79. The second-order valence-corrected chi connectivity index (χ2v) is 6.04. The molecule has 0 unspecified atom stereocenters. The van der Waals surface area contributed by atoms with Crippen molar-refractivity contribution >= 4 is 49.7 Å². The van der Waals surface area contributed by atoms with Gasteiger partial charge in [-0.3, -0.25) is 4.79 Å². The molecular weight excluding hydrogens is 398 g/mol. The Morgan fingerprint density at radius 2 is 1.86 bits per heavy atom. The molecule has 2 rings (SSSR count). The van der Waals surface area contributed by atoms with Crippen LogP contribution in [0.4, 0.5) is 5.69 Å². The van der Waals surface area contributed by atoms with Gasteiger partial charge in [-0.15, -0.1) is 0 Å². The highest BCUT2D eigenvalue weighted by molar-refractivity contribution is 9.10. The minimum Gasteiger partial charge on any atom is -0.376 e. The van der Waals surface area contributed by atoms with Crippen LogP contribution in [0.2, 0.25) is 0 Å². The van der Waals surface area contributed by atoms with Crippen LogP contribution in [-0.2, 0) is 4.79 Å². The van der Waals surface area contributed by atoms with Crippen molar-refractivity contribution in [3.63, 3.8) is 0 Å². The predicted molar refractivity (Wildman–Crippen MR) is 92.5 cm³/mol. The number of anilines is 1. The van der Waals surface area contributed by atoms with Crippen molar-refractivity contribution in [1.29, 1.82) is 0 Å². The Morgan fingerprint density at radius 1 is 1.10 bits per heavy atom. The molecule has 0 radical (unpaired) electrons. The molecule has 6 heteroatoms. The van der Waals surface area contributed by atoms with Gasteiger partial charge in [-0.2, -0.15) is 5.10 Å². The van der Waals surface area contributed by atoms with Crippen molar-refractivity contribution in [2.45, 2.75) is 0 Å². The van der Waals surface area contributed by atoms with Crippen LogP contribution < -0.4 is 10.7 Å². The topological polar surface area (TPSA) is 53.5 Å². The fourth-order valence-corrected chi connectivity index (χ4v) is 2.24. The van der Waals surface area contributed by atoms with Gasteiger partial charge in [0.25, 0.3) is 5.91 Å². The molecule has 0 aliphatic carbocycles. The van der Waals surface area contributed by atoms with E-state index in [1.165, 1.54) is 0 Å². The lowest BCUT2D eigenvalue weighted by atomic mass is 10.2. The van der Waals surface area contributed by atoms with E-state index in [1.807, 2.05) is 48.5 Å². The third-order valence-corrected chi connectivity index (χ3v) is 3.57. The smallest absolute Gasteiger partial charge is 0.259 e. The van der Waals surface area contributed by atoms with Crippen molar-refractivity contribution in [1.82, 2.24) is 5.43 Å². The van der Waals surface area contributed by atoms with Crippen LogP contribution >= 0.6 is 31.9 Å². The van der Waals surface area contributed by atoms with Crippen LogP contribution in [0.5, 0.6) is 0 Å². The summed E-state index contributed by atoms with van der Waals surface area (Å²) in [6.45, 7) is 0.164. The van der Waals surface area contributed by atoms with Crippen LogP contribution in [0, 0.1) is 0 Å². The Morgan fingerprint density at radius 3 is 2.57 bits per heavy atom. The van der Waals surface area contributed by atoms with E-state index in [2.05, 4.69) is 47.7 Å². The van der Waals surface area contributed by atoms with Gasteiger partial charge in [0.05, 0.1) is 12.8 Å². The van der Waals surface area contributed by atoms with E-state index in [1.54, 1.807) is 6.21 Å². The molecule has 0 saturated carbocycles. The Balaban J connectivity index is 1.78. The first-order chi connectivity index (χ1) is 10.1. The number of hydrazone groups is 1. The third kappa shape index (κ3) is 5.69. The molecule has 2 N–H and O–H groups in total. The molecule has 2 aromatic rings. The minimum atomic E-state index is -0.204. The monoisotopic (exact) mass is 409 g/mol. The SMILES string of the molecule is O=C(CNc1ccc(Br)cc1)NN=Cc1cccc(Br)c1. The number of halogens is 2. The van der Waals surface area contributed by atoms with Gasteiger partial charge in [0.2, 0.25) is 0 Å². The maximum absolute atomic E-state index is 11.6. The Kier molecular flexibility index (Phi) is 5.95. The summed E-state index contributed by atoms with van der Waals surface area (Å²) < 4.78 is 1.96. The average Bonchev–Trinajstić information content (AvgIpc) is 2.47. The molecule has 1 amide bonds. The van der Waals surface area contributed by atoms with E-state index >= 15 is 0 Å². The lowest BCUT2D eigenvalue weighted by Gasteiger charge is -2.05. The fraction of sp³-hybridized carbons (Fsp3) is 0.0667. The van der Waals surface area contributed by atoms with Gasteiger partial charge in [0.15, 0.2) is 0 Å². The molecule has 0 bridgehead atoms. The second-order valence-electron chi connectivity index (χ2n) is 4.21. The van der Waals surface area contributed by atoms with Crippen LogP contribution in [0.1, 0.15) is 5.56 Å². The van der Waals surface area contributed by atoms with Crippen LogP contribution in [-0.4, -0.2) is 18.7 Å². The summed E-state index contributed by atoms with van der Waals surface area (Å²) in [4.78, 5) is 11.6. The van der Waals surface area contributed by atoms with E-state index in [0.29, 0.717) is 0 Å². The number of hydrogen-bond acceptors (Lipinski definition) is 3. The number of carbonyl (C=O) groups is 1. The number of hydrogen-bond donors (Lipinski definition) is 2. The zero-order valence-corrected chi connectivity index (χ0v) is 14.2. The number of carbonyl (C=O) groups excluding carboxylic acids is 1. The van der Waals surface area contributed by atoms with Gasteiger partial charge >= 0.3 is 0 Å². The molecule has 4 nitrogen and oxygen atoms in total. The Bertz CT molecular complexity index is 642. The fourth-order valence-electron chi connectivity index (χ4n) is 1.56. The summed E-state index contributed by atoms with van der Waals surface area (Å²) in [7, 11) is 0. The van der Waals surface area contributed by atoms with Gasteiger partial charge in [-0.05, 0) is 42.0 Å². The van der Waals surface area contributed by atoms with Gasteiger partial charge in [0.1, 0.15) is 0 Å². The van der Waals surface area contributed by atoms with Crippen molar-refractivity contribution in [3.8, 4) is 0 Å². The molecule has 0 aliphatic heterocycles. The predicted octanol–water partition coefficient (Wildman–Crippen LogP) is 3.77. The molecule has 0 spiro atoms. The number of nitrogens with one attached hydrogen (secondary N) is 2. The molecular formula is C15H13Br2N3O. The summed E-state index contributed by atoms with van der Waals surface area (Å²) in [6, 6.07) is 15.2. The first kappa shape index (κ1) is 15.7. The van der Waals surface area contributed by atoms with Crippen molar-refractivity contribution in [2.75, 3.05) is 11.9 Å². The van der Waals surface area contributed by atoms with E-state index in [0.717, 1.165) is 20.2 Å². The van der Waals surface area contributed by atoms with E-state index in [4.69, 9.17) is 0 Å². The molecule has 0 aliphatic rings. The standard InChI is InChI=1S/C15H13Br2N3O/c16-12-4-6-14(7-5-12)18-10-15(21)20-19-9-11-2-1-3-13(17)8-11/h1-9,18H,10H2,(H,20,21). The second kappa shape index (κ2) is 7.95. The molecule has 0 heterocycles. The molecule has 2 aromatic carbocycles. The molecule has 0 atom stereocenters. The zero-order chi connectivity index (χ0) is 15.1. The Hall–Kier alpha value is -1.66. The lowest BCUT2D eigenvalue weighted by molar-refractivity contribution is -0.119. The van der Waals surface area contributed by atoms with Crippen LogP contribution in [0.3, 0.4) is 0 Å². The molecule has 108 valence electrons. The van der Waals surface area contributed by atoms with E-state index in [-0.39, 0.29) is 12.5 Å². The Labute approximate surface area is 139 Å². The van der Waals surface area contributed by atoms with E-state index < -0.39 is 0 Å². The zero-order valence-electron chi connectivity index (χ0n) is 11.0. The number of rotatable bonds is 5.